The fraction of sp³-hybridized carbons (Fsp3) is 0.312. The van der Waals surface area contributed by atoms with Gasteiger partial charge in [-0.15, -0.1) is 0 Å². The molecular formula is C32H42N6S2+2. The average molecular weight is 575 g/mol. The van der Waals surface area contributed by atoms with E-state index in [1.54, 1.807) is 0 Å². The largest absolute Gasteiger partial charge is 0.374 e. The first kappa shape index (κ1) is 29.6. The molecule has 0 N–H and O–H groups in total. The lowest BCUT2D eigenvalue weighted by atomic mass is 10.2. The Labute approximate surface area is 247 Å². The molecule has 0 aliphatic carbocycles. The van der Waals surface area contributed by atoms with Crippen molar-refractivity contribution in [2.75, 3.05) is 48.5 Å². The lowest BCUT2D eigenvalue weighted by Crippen LogP contribution is -2.29. The molecule has 0 spiro atoms. The molecule has 0 saturated carbocycles. The van der Waals surface area contributed by atoms with Gasteiger partial charge in [0, 0.05) is 62.2 Å². The van der Waals surface area contributed by atoms with Gasteiger partial charge in [-0.3, -0.25) is 0 Å². The van der Waals surface area contributed by atoms with Crippen molar-refractivity contribution in [1.82, 2.24) is 9.13 Å². The Hall–Kier alpha value is -3.36. The molecule has 210 valence electrons. The maximum absolute atomic E-state index is 2.33. The van der Waals surface area contributed by atoms with Crippen molar-refractivity contribution in [2.45, 2.75) is 0 Å². The van der Waals surface area contributed by atoms with Crippen molar-refractivity contribution in [3.8, 4) is 0 Å². The zero-order chi connectivity index (χ0) is 28.5. The Morgan fingerprint density at radius 2 is 1.00 bits per heavy atom. The number of aryl methyl sites for hydroxylation is 4. The highest BCUT2D eigenvalue weighted by Crippen LogP contribution is 2.24. The number of hydrogen-bond acceptors (Lipinski definition) is 4. The molecule has 0 unspecified atom stereocenters. The summed E-state index contributed by atoms with van der Waals surface area (Å²) in [5.41, 5.74) is 4.92. The van der Waals surface area contributed by atoms with E-state index < -0.39 is 0 Å². The van der Waals surface area contributed by atoms with Gasteiger partial charge in [0.05, 0.1) is 28.2 Å². The maximum atomic E-state index is 2.33. The lowest BCUT2D eigenvalue weighted by Gasteiger charge is -2.20. The second-order valence-electron chi connectivity index (χ2n) is 10.1. The summed E-state index contributed by atoms with van der Waals surface area (Å²) >= 11 is 0. The van der Waals surface area contributed by atoms with Crippen LogP contribution in [0.2, 0.25) is 0 Å². The number of benzene rings is 2. The Kier molecular flexibility index (Phi) is 10.6. The molecule has 40 heavy (non-hydrogen) atoms. The Morgan fingerprint density at radius 1 is 0.625 bits per heavy atom. The van der Waals surface area contributed by atoms with Gasteiger partial charge in [0.2, 0.25) is 0 Å². The molecule has 0 aliphatic rings. The molecule has 0 fully saturated rings. The monoisotopic (exact) mass is 574 g/mol. The molecular weight excluding hydrogens is 533 g/mol. The molecule has 0 aliphatic heterocycles. The third-order valence-corrected chi connectivity index (χ3v) is 9.46. The molecule has 0 amide bonds. The molecule has 2 aromatic heterocycles. The van der Waals surface area contributed by atoms with Crippen LogP contribution in [0.3, 0.4) is 0 Å². The summed E-state index contributed by atoms with van der Waals surface area (Å²) in [5, 5.41) is 0. The third kappa shape index (κ3) is 8.08. The first-order valence-electron chi connectivity index (χ1n) is 13.6. The van der Waals surface area contributed by atoms with Crippen molar-refractivity contribution in [1.29, 1.82) is 0 Å². The minimum atomic E-state index is 1.03. The minimum absolute atomic E-state index is 1.03. The van der Waals surface area contributed by atoms with E-state index in [0.29, 0.717) is 0 Å². The predicted octanol–water partition coefficient (Wildman–Crippen LogP) is 5.31. The van der Waals surface area contributed by atoms with Crippen molar-refractivity contribution in [3.63, 3.8) is 0 Å². The van der Waals surface area contributed by atoms with Crippen LogP contribution in [-0.2, 0) is 28.2 Å². The normalized spacial score (nSPS) is 11.7. The molecule has 2 aromatic carbocycles. The van der Waals surface area contributed by atoms with Gasteiger partial charge in [-0.25, -0.2) is 18.3 Å². The summed E-state index contributed by atoms with van der Waals surface area (Å²) < 4.78 is 8.48. The fourth-order valence-electron chi connectivity index (χ4n) is 4.42. The standard InChI is InChI=1S/C32H42N6S2/c1-33(29-13-7-27(8-14-29)11-17-31-35(3)19-20-36(31)4)23-25-39-40-26-24-34(2)30-15-9-28(10-16-30)12-18-32-37(5)21-22-38(32)6/h7-22H,23-26H2,1-6H3/q+2. The number of aromatic nitrogens is 4. The Balaban J connectivity index is 1.14. The van der Waals surface area contributed by atoms with Gasteiger partial charge in [-0.1, -0.05) is 45.9 Å². The van der Waals surface area contributed by atoms with Gasteiger partial charge in [-0.2, -0.15) is 0 Å². The Bertz CT molecular complexity index is 1270. The van der Waals surface area contributed by atoms with E-state index in [1.165, 1.54) is 34.2 Å². The van der Waals surface area contributed by atoms with Gasteiger partial charge in [0.1, 0.15) is 24.8 Å². The van der Waals surface area contributed by atoms with Crippen molar-refractivity contribution in [2.24, 2.45) is 28.2 Å². The molecule has 0 radical (unpaired) electrons. The zero-order valence-corrected chi connectivity index (χ0v) is 26.2. The molecule has 2 heterocycles. The van der Waals surface area contributed by atoms with Crippen LogP contribution in [0.1, 0.15) is 22.8 Å². The Morgan fingerprint density at radius 3 is 1.32 bits per heavy atom. The summed E-state index contributed by atoms with van der Waals surface area (Å²) in [6.07, 6.45) is 16.9. The molecule has 8 heteroatoms. The van der Waals surface area contributed by atoms with Gasteiger partial charge >= 0.3 is 0 Å². The second kappa shape index (κ2) is 14.3. The fourth-order valence-corrected chi connectivity index (χ4v) is 6.51. The number of anilines is 2. The van der Waals surface area contributed by atoms with Gasteiger partial charge < -0.3 is 9.80 Å². The number of rotatable bonds is 13. The van der Waals surface area contributed by atoms with Crippen LogP contribution in [0.25, 0.3) is 24.3 Å². The third-order valence-electron chi connectivity index (χ3n) is 7.09. The van der Waals surface area contributed by atoms with E-state index in [0.717, 1.165) is 24.6 Å². The van der Waals surface area contributed by atoms with Gasteiger partial charge in [0.25, 0.3) is 11.6 Å². The number of imidazole rings is 2. The van der Waals surface area contributed by atoms with Crippen molar-refractivity contribution >= 4 is 57.3 Å². The molecule has 0 atom stereocenters. The minimum Gasteiger partial charge on any atom is -0.374 e. The zero-order valence-electron chi connectivity index (χ0n) is 24.6. The van der Waals surface area contributed by atoms with Gasteiger partial charge in [-0.05, 0) is 47.5 Å². The first-order chi connectivity index (χ1) is 19.3. The van der Waals surface area contributed by atoms with Crippen LogP contribution in [0, 0.1) is 0 Å². The van der Waals surface area contributed by atoms with Crippen LogP contribution in [0.5, 0.6) is 0 Å². The molecule has 0 saturated heterocycles. The lowest BCUT2D eigenvalue weighted by molar-refractivity contribution is -0.672. The molecule has 4 rings (SSSR count). The maximum Gasteiger partial charge on any atom is 0.280 e. The van der Waals surface area contributed by atoms with E-state index in [4.69, 9.17) is 0 Å². The summed E-state index contributed by atoms with van der Waals surface area (Å²) in [5.74, 6) is 4.52. The molecule has 4 aromatic rings. The second-order valence-corrected chi connectivity index (χ2v) is 12.8. The number of hydrogen-bond donors (Lipinski definition) is 0. The summed E-state index contributed by atoms with van der Waals surface area (Å²) in [6, 6.07) is 17.6. The summed E-state index contributed by atoms with van der Waals surface area (Å²) in [6.45, 7) is 2.05. The summed E-state index contributed by atoms with van der Waals surface area (Å²) in [4.78, 5) is 4.66. The summed E-state index contributed by atoms with van der Waals surface area (Å²) in [7, 11) is 16.5. The van der Waals surface area contributed by atoms with Crippen LogP contribution < -0.4 is 18.9 Å². The van der Waals surface area contributed by atoms with E-state index in [9.17, 15) is 0 Å². The highest BCUT2D eigenvalue weighted by molar-refractivity contribution is 8.76. The average Bonchev–Trinajstić information content (AvgIpc) is 3.46. The van der Waals surface area contributed by atoms with Crippen molar-refractivity contribution in [3.05, 3.63) is 96.1 Å². The SMILES string of the molecule is CN(CCSSCCN(C)c1ccc(/C=C/c2n(C)cc[n+]2C)cc1)c1ccc(/C=C/c2n(C)cc[n+]2C)cc1. The topological polar surface area (TPSA) is 24.1 Å². The quantitative estimate of drug-likeness (QED) is 0.123. The van der Waals surface area contributed by atoms with Crippen LogP contribution in [-0.4, -0.2) is 47.8 Å². The van der Waals surface area contributed by atoms with Crippen LogP contribution in [0.15, 0.2) is 73.3 Å². The van der Waals surface area contributed by atoms with Crippen LogP contribution in [0.4, 0.5) is 11.4 Å². The highest BCUT2D eigenvalue weighted by atomic mass is 33.1. The predicted molar refractivity (Wildman–Crippen MR) is 175 cm³/mol. The van der Waals surface area contributed by atoms with E-state index in [2.05, 4.69) is 168 Å². The first-order valence-corrected chi connectivity index (χ1v) is 16.1. The smallest absolute Gasteiger partial charge is 0.280 e. The van der Waals surface area contributed by atoms with E-state index in [1.807, 2.05) is 21.6 Å². The van der Waals surface area contributed by atoms with Gasteiger partial charge in [0.15, 0.2) is 0 Å². The highest BCUT2D eigenvalue weighted by Gasteiger charge is 2.08. The van der Waals surface area contributed by atoms with E-state index in [-0.39, 0.29) is 0 Å². The van der Waals surface area contributed by atoms with E-state index >= 15 is 0 Å². The van der Waals surface area contributed by atoms with Crippen molar-refractivity contribution < 1.29 is 9.13 Å². The van der Waals surface area contributed by atoms with Crippen LogP contribution >= 0.6 is 21.6 Å². The molecule has 0 bridgehead atoms. The number of nitrogens with zero attached hydrogens (tertiary/aromatic N) is 6. The molecule has 6 nitrogen and oxygen atoms in total.